The number of benzene rings is 1. The molecule has 2 rings (SSSR count). The normalized spacial score (nSPS) is 14.7. The second kappa shape index (κ2) is 3.85. The summed E-state index contributed by atoms with van der Waals surface area (Å²) in [6.07, 6.45) is 2.92. The molecule has 0 heterocycles. The summed E-state index contributed by atoms with van der Waals surface area (Å²) in [5.41, 5.74) is 2.04. The van der Waals surface area contributed by atoms with E-state index in [1.165, 1.54) is 0 Å². The fourth-order valence-corrected chi connectivity index (χ4v) is 1.41. The molecule has 3 nitrogen and oxygen atoms in total. The van der Waals surface area contributed by atoms with Gasteiger partial charge in [0.25, 0.3) is 5.91 Å². The first-order chi connectivity index (χ1) is 7.20. The first-order valence-electron chi connectivity index (χ1n) is 5.07. The Hall–Kier alpha value is -1.64. The van der Waals surface area contributed by atoms with E-state index in [4.69, 9.17) is 0 Å². The number of rotatable bonds is 3. The molecule has 1 saturated carbocycles. The predicted molar refractivity (Wildman–Crippen MR) is 57.1 cm³/mol. The number of hydrogen-bond acceptors (Lipinski definition) is 2. The number of nitrogens with one attached hydrogen (secondary N) is 1. The molecule has 0 saturated heterocycles. The van der Waals surface area contributed by atoms with E-state index < -0.39 is 0 Å². The molecule has 1 aliphatic carbocycles. The lowest BCUT2D eigenvalue weighted by atomic mass is 10.1. The van der Waals surface area contributed by atoms with Crippen molar-refractivity contribution in [3.63, 3.8) is 0 Å². The fourth-order valence-electron chi connectivity index (χ4n) is 1.41. The lowest BCUT2D eigenvalue weighted by Gasteiger charge is -2.05. The molecule has 0 spiro atoms. The smallest absolute Gasteiger partial charge is 0.251 e. The molecule has 78 valence electrons. The highest BCUT2D eigenvalue weighted by Crippen LogP contribution is 2.19. The van der Waals surface area contributed by atoms with E-state index >= 15 is 0 Å². The van der Waals surface area contributed by atoms with Gasteiger partial charge in [-0.3, -0.25) is 9.59 Å². The van der Waals surface area contributed by atoms with E-state index in [1.54, 1.807) is 18.2 Å². The second-order valence-corrected chi connectivity index (χ2v) is 3.94. The van der Waals surface area contributed by atoms with E-state index in [1.807, 2.05) is 6.92 Å². The van der Waals surface area contributed by atoms with E-state index in [0.717, 1.165) is 24.7 Å². The lowest BCUT2D eigenvalue weighted by molar-refractivity contribution is 0.0951. The maximum Gasteiger partial charge on any atom is 0.251 e. The fraction of sp³-hybridized carbons (Fsp3) is 0.333. The van der Waals surface area contributed by atoms with Crippen LogP contribution in [-0.4, -0.2) is 18.2 Å². The molecule has 1 aromatic carbocycles. The van der Waals surface area contributed by atoms with Crippen LogP contribution in [0.15, 0.2) is 18.2 Å². The predicted octanol–water partition coefficient (Wildman–Crippen LogP) is 1.70. The molecule has 0 aliphatic heterocycles. The van der Waals surface area contributed by atoms with Crippen LogP contribution in [0.25, 0.3) is 0 Å². The van der Waals surface area contributed by atoms with E-state index in [9.17, 15) is 9.59 Å². The zero-order valence-corrected chi connectivity index (χ0v) is 8.62. The zero-order valence-electron chi connectivity index (χ0n) is 8.62. The van der Waals surface area contributed by atoms with Crippen molar-refractivity contribution in [3.05, 3.63) is 34.9 Å². The molecule has 1 aromatic rings. The van der Waals surface area contributed by atoms with E-state index in [-0.39, 0.29) is 5.91 Å². The lowest BCUT2D eigenvalue weighted by Crippen LogP contribution is -2.25. The molecular formula is C12H13NO2. The molecule has 15 heavy (non-hydrogen) atoms. The third kappa shape index (κ3) is 2.24. The summed E-state index contributed by atoms with van der Waals surface area (Å²) < 4.78 is 0. The monoisotopic (exact) mass is 203 g/mol. The van der Waals surface area contributed by atoms with Crippen LogP contribution in [0.4, 0.5) is 0 Å². The Morgan fingerprint density at radius 2 is 2.20 bits per heavy atom. The molecule has 0 radical (unpaired) electrons. The van der Waals surface area contributed by atoms with Crippen molar-refractivity contribution in [2.45, 2.75) is 25.8 Å². The van der Waals surface area contributed by atoms with Crippen molar-refractivity contribution in [2.75, 3.05) is 0 Å². The summed E-state index contributed by atoms with van der Waals surface area (Å²) >= 11 is 0. The number of aldehydes is 1. The Labute approximate surface area is 88.5 Å². The summed E-state index contributed by atoms with van der Waals surface area (Å²) in [4.78, 5) is 22.4. The van der Waals surface area contributed by atoms with Crippen LogP contribution in [0, 0.1) is 6.92 Å². The number of carbonyl (C=O) groups excluding carboxylic acids is 2. The summed E-state index contributed by atoms with van der Waals surface area (Å²) in [6, 6.07) is 5.53. The van der Waals surface area contributed by atoms with E-state index in [2.05, 4.69) is 5.32 Å². The first kappa shape index (κ1) is 9.90. The van der Waals surface area contributed by atoms with Crippen LogP contribution in [0.2, 0.25) is 0 Å². The van der Waals surface area contributed by atoms with E-state index in [0.29, 0.717) is 17.2 Å². The van der Waals surface area contributed by atoms with Crippen LogP contribution in [-0.2, 0) is 0 Å². The molecule has 1 amide bonds. The second-order valence-electron chi connectivity index (χ2n) is 3.94. The zero-order chi connectivity index (χ0) is 10.8. The number of carbonyl (C=O) groups is 2. The molecule has 0 bridgehead atoms. The van der Waals surface area contributed by atoms with Gasteiger partial charge in [-0.2, -0.15) is 0 Å². The van der Waals surface area contributed by atoms with Crippen LogP contribution < -0.4 is 5.32 Å². The molecular weight excluding hydrogens is 190 g/mol. The van der Waals surface area contributed by atoms with Gasteiger partial charge >= 0.3 is 0 Å². The minimum Gasteiger partial charge on any atom is -0.349 e. The molecule has 0 unspecified atom stereocenters. The van der Waals surface area contributed by atoms with Crippen molar-refractivity contribution < 1.29 is 9.59 Å². The highest BCUT2D eigenvalue weighted by atomic mass is 16.1. The SMILES string of the molecule is Cc1ccc(C(=O)NC2CC2)cc1C=O. The van der Waals surface area contributed by atoms with Crippen molar-refractivity contribution >= 4 is 12.2 Å². The number of aryl methyl sites for hydroxylation is 1. The highest BCUT2D eigenvalue weighted by Gasteiger charge is 2.23. The summed E-state index contributed by atoms with van der Waals surface area (Å²) in [7, 11) is 0. The van der Waals surface area contributed by atoms with Crippen molar-refractivity contribution in [1.82, 2.24) is 5.32 Å². The van der Waals surface area contributed by atoms with Gasteiger partial charge in [-0.1, -0.05) is 6.07 Å². The van der Waals surface area contributed by atoms with Gasteiger partial charge in [0.1, 0.15) is 6.29 Å². The first-order valence-corrected chi connectivity index (χ1v) is 5.07. The summed E-state index contributed by atoms with van der Waals surface area (Å²) in [5.74, 6) is -0.0828. The Morgan fingerprint density at radius 3 is 2.80 bits per heavy atom. The molecule has 0 aromatic heterocycles. The third-order valence-corrected chi connectivity index (χ3v) is 2.58. The van der Waals surface area contributed by atoms with Crippen LogP contribution >= 0.6 is 0 Å². The Morgan fingerprint density at radius 1 is 1.47 bits per heavy atom. The molecule has 1 fully saturated rings. The van der Waals surface area contributed by atoms with Crippen LogP contribution in [0.1, 0.15) is 39.1 Å². The van der Waals surface area contributed by atoms with Crippen LogP contribution in [0.5, 0.6) is 0 Å². The van der Waals surface area contributed by atoms with Gasteiger partial charge in [0, 0.05) is 17.2 Å². The van der Waals surface area contributed by atoms with Gasteiger partial charge in [-0.25, -0.2) is 0 Å². The van der Waals surface area contributed by atoms with Crippen molar-refractivity contribution in [1.29, 1.82) is 0 Å². The largest absolute Gasteiger partial charge is 0.349 e. The quantitative estimate of drug-likeness (QED) is 0.760. The molecule has 0 atom stereocenters. The highest BCUT2D eigenvalue weighted by molar-refractivity contribution is 5.96. The van der Waals surface area contributed by atoms with Crippen molar-refractivity contribution in [2.24, 2.45) is 0 Å². The maximum atomic E-state index is 11.6. The minimum atomic E-state index is -0.0828. The van der Waals surface area contributed by atoms with Gasteiger partial charge in [0.15, 0.2) is 0 Å². The molecule has 1 N–H and O–H groups in total. The Bertz CT molecular complexity index is 408. The summed E-state index contributed by atoms with van der Waals surface area (Å²) in [6.45, 7) is 1.85. The number of hydrogen-bond donors (Lipinski definition) is 1. The van der Waals surface area contributed by atoms with Gasteiger partial charge < -0.3 is 5.32 Å². The van der Waals surface area contributed by atoms with Crippen molar-refractivity contribution in [3.8, 4) is 0 Å². The Kier molecular flexibility index (Phi) is 2.54. The Balaban J connectivity index is 2.19. The molecule has 1 aliphatic rings. The van der Waals surface area contributed by atoms with Gasteiger partial charge in [0.05, 0.1) is 0 Å². The van der Waals surface area contributed by atoms with Gasteiger partial charge in [-0.05, 0) is 37.5 Å². The average Bonchev–Trinajstić information content (AvgIpc) is 3.02. The topological polar surface area (TPSA) is 46.2 Å². The average molecular weight is 203 g/mol. The third-order valence-electron chi connectivity index (χ3n) is 2.58. The maximum absolute atomic E-state index is 11.6. The number of amides is 1. The summed E-state index contributed by atoms with van der Waals surface area (Å²) in [5, 5.41) is 2.89. The van der Waals surface area contributed by atoms with Gasteiger partial charge in [-0.15, -0.1) is 0 Å². The molecule has 3 heteroatoms. The van der Waals surface area contributed by atoms with Gasteiger partial charge in [0.2, 0.25) is 0 Å². The minimum absolute atomic E-state index is 0.0828. The standard InChI is InChI=1S/C12H13NO2/c1-8-2-3-9(6-10(8)7-14)12(15)13-11-4-5-11/h2-3,6-7,11H,4-5H2,1H3,(H,13,15). The van der Waals surface area contributed by atoms with Crippen LogP contribution in [0.3, 0.4) is 0 Å².